The molecule has 104 valence electrons. The second-order valence-electron chi connectivity index (χ2n) is 4.78. The number of hydrogen-bond acceptors (Lipinski definition) is 2. The summed E-state index contributed by atoms with van der Waals surface area (Å²) < 4.78 is 24.8. The molecule has 0 aliphatic heterocycles. The van der Waals surface area contributed by atoms with Crippen LogP contribution in [-0.2, 0) is 10.0 Å². The van der Waals surface area contributed by atoms with Crippen LogP contribution in [0.25, 0.3) is 0 Å². The van der Waals surface area contributed by atoms with Gasteiger partial charge in [-0.15, -0.1) is 0 Å². The number of unbranched alkanes of at least 4 members (excludes halogenated alkanes) is 6. The Bertz CT molecular complexity index is 251. The lowest BCUT2D eigenvalue weighted by Gasteiger charge is -2.19. The summed E-state index contributed by atoms with van der Waals surface area (Å²) in [6.45, 7) is 5.73. The Morgan fingerprint density at radius 2 is 1.18 bits per heavy atom. The van der Waals surface area contributed by atoms with Crippen molar-refractivity contribution in [3.8, 4) is 0 Å². The predicted octanol–water partition coefficient (Wildman–Crippen LogP) is 3.41. The lowest BCUT2D eigenvalue weighted by Crippen LogP contribution is -2.32. The highest BCUT2D eigenvalue weighted by Crippen LogP contribution is 2.08. The summed E-state index contributed by atoms with van der Waals surface area (Å²) in [4.78, 5) is 0. The molecule has 3 nitrogen and oxygen atoms in total. The second kappa shape index (κ2) is 9.89. The second-order valence-corrected chi connectivity index (χ2v) is 6.77. The quantitative estimate of drug-likeness (QED) is 0.536. The van der Waals surface area contributed by atoms with E-state index in [2.05, 4.69) is 13.8 Å². The molecule has 0 fully saturated rings. The van der Waals surface area contributed by atoms with E-state index < -0.39 is 10.0 Å². The van der Waals surface area contributed by atoms with Gasteiger partial charge in [0.05, 0.1) is 6.26 Å². The summed E-state index contributed by atoms with van der Waals surface area (Å²) in [6.07, 6.45) is 10.4. The van der Waals surface area contributed by atoms with E-state index in [4.69, 9.17) is 0 Å². The number of nitrogens with zero attached hydrogens (tertiary/aromatic N) is 1. The van der Waals surface area contributed by atoms with E-state index in [0.29, 0.717) is 13.1 Å². The average molecular weight is 263 g/mol. The fourth-order valence-electron chi connectivity index (χ4n) is 1.87. The maximum absolute atomic E-state index is 11.6. The van der Waals surface area contributed by atoms with E-state index in [9.17, 15) is 8.42 Å². The maximum Gasteiger partial charge on any atom is 0.211 e. The molecular weight excluding hydrogens is 234 g/mol. The Hall–Kier alpha value is -0.0900. The zero-order valence-corrected chi connectivity index (χ0v) is 12.6. The molecule has 0 unspecified atom stereocenters. The summed E-state index contributed by atoms with van der Waals surface area (Å²) in [5.74, 6) is 0. The Morgan fingerprint density at radius 1 is 0.765 bits per heavy atom. The van der Waals surface area contributed by atoms with Crippen LogP contribution < -0.4 is 0 Å². The first-order chi connectivity index (χ1) is 8.02. The molecule has 0 atom stereocenters. The summed E-state index contributed by atoms with van der Waals surface area (Å²) in [5.41, 5.74) is 0. The van der Waals surface area contributed by atoms with Crippen molar-refractivity contribution in [3.05, 3.63) is 0 Å². The molecule has 0 aliphatic carbocycles. The van der Waals surface area contributed by atoms with Crippen molar-refractivity contribution in [2.24, 2.45) is 0 Å². The van der Waals surface area contributed by atoms with Gasteiger partial charge in [0, 0.05) is 13.1 Å². The molecule has 0 saturated heterocycles. The Labute approximate surface area is 108 Å². The molecule has 0 amide bonds. The summed E-state index contributed by atoms with van der Waals surface area (Å²) >= 11 is 0. The zero-order valence-electron chi connectivity index (χ0n) is 11.7. The molecule has 0 rings (SSSR count). The third-order valence-electron chi connectivity index (χ3n) is 2.99. The van der Waals surface area contributed by atoms with Crippen molar-refractivity contribution < 1.29 is 8.42 Å². The van der Waals surface area contributed by atoms with E-state index in [1.165, 1.54) is 31.9 Å². The van der Waals surface area contributed by atoms with Gasteiger partial charge in [0.25, 0.3) is 0 Å². The van der Waals surface area contributed by atoms with Crippen LogP contribution in [0.1, 0.15) is 65.2 Å². The Morgan fingerprint density at radius 3 is 1.47 bits per heavy atom. The standard InChI is InChI=1S/C13H29NO2S/c1-4-6-8-10-12-14(17(3,15)16)13-11-9-7-5-2/h4-13H2,1-3H3. The zero-order chi connectivity index (χ0) is 13.1. The van der Waals surface area contributed by atoms with E-state index in [-0.39, 0.29) is 0 Å². The first-order valence-electron chi connectivity index (χ1n) is 6.97. The molecule has 0 aromatic rings. The van der Waals surface area contributed by atoms with Crippen molar-refractivity contribution >= 4 is 10.0 Å². The van der Waals surface area contributed by atoms with Crippen LogP contribution in [0.15, 0.2) is 0 Å². The first-order valence-corrected chi connectivity index (χ1v) is 8.82. The van der Waals surface area contributed by atoms with Gasteiger partial charge in [0.2, 0.25) is 10.0 Å². The third kappa shape index (κ3) is 9.60. The van der Waals surface area contributed by atoms with Crippen molar-refractivity contribution in [3.63, 3.8) is 0 Å². The van der Waals surface area contributed by atoms with Crippen LogP contribution >= 0.6 is 0 Å². The Kier molecular flexibility index (Phi) is 9.84. The van der Waals surface area contributed by atoms with Gasteiger partial charge in [-0.1, -0.05) is 52.4 Å². The number of sulfonamides is 1. The molecule has 0 heterocycles. The van der Waals surface area contributed by atoms with Gasteiger partial charge in [-0.25, -0.2) is 12.7 Å². The van der Waals surface area contributed by atoms with Crippen LogP contribution in [0.4, 0.5) is 0 Å². The highest BCUT2D eigenvalue weighted by molar-refractivity contribution is 7.88. The van der Waals surface area contributed by atoms with Crippen molar-refractivity contribution in [1.82, 2.24) is 4.31 Å². The van der Waals surface area contributed by atoms with E-state index in [1.54, 1.807) is 4.31 Å². The van der Waals surface area contributed by atoms with Gasteiger partial charge in [-0.3, -0.25) is 0 Å². The molecule has 0 aromatic heterocycles. The van der Waals surface area contributed by atoms with Crippen LogP contribution in [0.3, 0.4) is 0 Å². The topological polar surface area (TPSA) is 37.4 Å². The summed E-state index contributed by atoms with van der Waals surface area (Å²) in [5, 5.41) is 0. The fraction of sp³-hybridized carbons (Fsp3) is 1.00. The van der Waals surface area contributed by atoms with Gasteiger partial charge >= 0.3 is 0 Å². The lowest BCUT2D eigenvalue weighted by molar-refractivity contribution is 0.389. The normalized spacial score (nSPS) is 12.2. The van der Waals surface area contributed by atoms with Crippen LogP contribution in [0.2, 0.25) is 0 Å². The molecule has 0 aromatic carbocycles. The largest absolute Gasteiger partial charge is 0.213 e. The van der Waals surface area contributed by atoms with Crippen LogP contribution in [-0.4, -0.2) is 32.1 Å². The predicted molar refractivity (Wildman–Crippen MR) is 74.7 cm³/mol. The monoisotopic (exact) mass is 263 g/mol. The van der Waals surface area contributed by atoms with Gasteiger partial charge < -0.3 is 0 Å². The molecule has 0 aliphatic rings. The highest BCUT2D eigenvalue weighted by atomic mass is 32.2. The molecule has 0 saturated carbocycles. The first kappa shape index (κ1) is 16.9. The summed E-state index contributed by atoms with van der Waals surface area (Å²) in [6, 6.07) is 0. The summed E-state index contributed by atoms with van der Waals surface area (Å²) in [7, 11) is -3.01. The molecule has 17 heavy (non-hydrogen) atoms. The third-order valence-corrected chi connectivity index (χ3v) is 4.29. The lowest BCUT2D eigenvalue weighted by atomic mass is 10.2. The van der Waals surface area contributed by atoms with Crippen LogP contribution in [0.5, 0.6) is 0 Å². The minimum atomic E-state index is -3.01. The fourth-order valence-corrected chi connectivity index (χ4v) is 2.79. The molecule has 0 N–H and O–H groups in total. The minimum absolute atomic E-state index is 0.699. The van der Waals surface area contributed by atoms with Crippen molar-refractivity contribution in [2.75, 3.05) is 19.3 Å². The number of hydrogen-bond donors (Lipinski definition) is 0. The van der Waals surface area contributed by atoms with Gasteiger partial charge in [0.1, 0.15) is 0 Å². The average Bonchev–Trinajstić information content (AvgIpc) is 2.25. The Balaban J connectivity index is 3.90. The van der Waals surface area contributed by atoms with Crippen molar-refractivity contribution in [2.45, 2.75) is 65.2 Å². The van der Waals surface area contributed by atoms with Crippen molar-refractivity contribution in [1.29, 1.82) is 0 Å². The van der Waals surface area contributed by atoms with Gasteiger partial charge in [-0.2, -0.15) is 0 Å². The van der Waals surface area contributed by atoms with E-state index >= 15 is 0 Å². The van der Waals surface area contributed by atoms with E-state index in [0.717, 1.165) is 25.7 Å². The smallest absolute Gasteiger partial charge is 0.211 e. The molecule has 0 spiro atoms. The van der Waals surface area contributed by atoms with E-state index in [1.807, 2.05) is 0 Å². The molecule has 4 heteroatoms. The van der Waals surface area contributed by atoms with Crippen LogP contribution in [0, 0.1) is 0 Å². The SMILES string of the molecule is CCCCCCN(CCCCCC)S(C)(=O)=O. The highest BCUT2D eigenvalue weighted by Gasteiger charge is 2.14. The number of rotatable bonds is 11. The molecule has 0 bridgehead atoms. The molecule has 0 radical (unpaired) electrons. The maximum atomic E-state index is 11.6. The molecular formula is C13H29NO2S. The minimum Gasteiger partial charge on any atom is -0.213 e. The van der Waals surface area contributed by atoms with Gasteiger partial charge in [-0.05, 0) is 12.8 Å². The van der Waals surface area contributed by atoms with Gasteiger partial charge in [0.15, 0.2) is 0 Å².